The van der Waals surface area contributed by atoms with E-state index in [1.54, 1.807) is 0 Å². The maximum Gasteiger partial charge on any atom is 0.00747 e. The largest absolute Gasteiger partial charge is 0.330 e. The highest BCUT2D eigenvalue weighted by atomic mass is 32.2. The molecule has 0 bridgehead atoms. The third-order valence-corrected chi connectivity index (χ3v) is 3.82. The lowest BCUT2D eigenvalue weighted by Crippen LogP contribution is -2.03. The first-order valence-corrected chi connectivity index (χ1v) is 7.19. The average Bonchev–Trinajstić information content (AvgIpc) is 2.28. The Morgan fingerprint density at radius 1 is 1.25 bits per heavy atom. The molecule has 0 spiro atoms. The van der Waals surface area contributed by atoms with Crippen LogP contribution < -0.4 is 5.73 Å². The Bertz CT molecular complexity index is 310. The third-order valence-electron chi connectivity index (χ3n) is 2.74. The minimum Gasteiger partial charge on any atom is -0.330 e. The van der Waals surface area contributed by atoms with Gasteiger partial charge < -0.3 is 5.73 Å². The van der Waals surface area contributed by atoms with E-state index in [1.807, 2.05) is 11.8 Å². The molecule has 0 saturated carbocycles. The van der Waals surface area contributed by atoms with E-state index < -0.39 is 0 Å². The summed E-state index contributed by atoms with van der Waals surface area (Å²) in [5.74, 6) is 1.24. The van der Waals surface area contributed by atoms with Gasteiger partial charge in [-0.2, -0.15) is 0 Å². The SMILES string of the molecule is CCCCCSc1ccc(CCN)c(C)c1. The Morgan fingerprint density at radius 3 is 2.69 bits per heavy atom. The van der Waals surface area contributed by atoms with Crippen LogP contribution >= 0.6 is 11.8 Å². The zero-order valence-electron chi connectivity index (χ0n) is 10.5. The molecule has 16 heavy (non-hydrogen) atoms. The summed E-state index contributed by atoms with van der Waals surface area (Å²) in [4.78, 5) is 1.40. The average molecular weight is 237 g/mol. The lowest BCUT2D eigenvalue weighted by Gasteiger charge is -2.07. The van der Waals surface area contributed by atoms with Gasteiger partial charge in [0.1, 0.15) is 0 Å². The summed E-state index contributed by atoms with van der Waals surface area (Å²) in [6, 6.07) is 6.75. The minimum atomic E-state index is 0.740. The Kier molecular flexibility index (Phi) is 6.58. The second kappa shape index (κ2) is 7.75. The number of nitrogens with two attached hydrogens (primary N) is 1. The molecule has 0 aliphatic rings. The van der Waals surface area contributed by atoms with Crippen LogP contribution in [0.15, 0.2) is 23.1 Å². The minimum absolute atomic E-state index is 0.740. The van der Waals surface area contributed by atoms with Gasteiger partial charge in [0.2, 0.25) is 0 Å². The number of hydrogen-bond donors (Lipinski definition) is 1. The van der Waals surface area contributed by atoms with Crippen molar-refractivity contribution in [3.63, 3.8) is 0 Å². The zero-order valence-corrected chi connectivity index (χ0v) is 11.3. The van der Waals surface area contributed by atoms with Crippen LogP contribution in [0, 0.1) is 6.92 Å². The highest BCUT2D eigenvalue weighted by Crippen LogP contribution is 2.22. The first-order valence-electron chi connectivity index (χ1n) is 6.20. The number of benzene rings is 1. The quantitative estimate of drug-likeness (QED) is 0.577. The topological polar surface area (TPSA) is 26.0 Å². The molecule has 0 amide bonds. The standard InChI is InChI=1S/C14H23NS/c1-3-4-5-10-16-14-7-6-13(8-9-15)12(2)11-14/h6-7,11H,3-5,8-10,15H2,1-2H3. The van der Waals surface area contributed by atoms with E-state index in [1.165, 1.54) is 41.0 Å². The van der Waals surface area contributed by atoms with Crippen molar-refractivity contribution in [2.45, 2.75) is 44.4 Å². The lowest BCUT2D eigenvalue weighted by atomic mass is 10.1. The predicted molar refractivity (Wildman–Crippen MR) is 74.2 cm³/mol. The van der Waals surface area contributed by atoms with E-state index >= 15 is 0 Å². The summed E-state index contributed by atoms with van der Waals surface area (Å²) in [7, 11) is 0. The van der Waals surface area contributed by atoms with Crippen LogP contribution in [0.4, 0.5) is 0 Å². The summed E-state index contributed by atoms with van der Waals surface area (Å²) in [5.41, 5.74) is 8.35. The molecule has 0 saturated heterocycles. The highest BCUT2D eigenvalue weighted by molar-refractivity contribution is 7.99. The van der Waals surface area contributed by atoms with Crippen molar-refractivity contribution in [3.8, 4) is 0 Å². The smallest absolute Gasteiger partial charge is 0.00747 e. The Hall–Kier alpha value is -0.470. The normalized spacial score (nSPS) is 10.7. The maximum absolute atomic E-state index is 5.58. The molecule has 1 rings (SSSR count). The van der Waals surface area contributed by atoms with Crippen molar-refractivity contribution < 1.29 is 0 Å². The fourth-order valence-electron chi connectivity index (χ4n) is 1.74. The van der Waals surface area contributed by atoms with Crippen molar-refractivity contribution in [1.29, 1.82) is 0 Å². The molecule has 0 fully saturated rings. The van der Waals surface area contributed by atoms with E-state index in [9.17, 15) is 0 Å². The lowest BCUT2D eigenvalue weighted by molar-refractivity contribution is 0.778. The van der Waals surface area contributed by atoms with Crippen molar-refractivity contribution in [2.24, 2.45) is 5.73 Å². The predicted octanol–water partition coefficient (Wildman–Crippen LogP) is 3.78. The fraction of sp³-hybridized carbons (Fsp3) is 0.571. The van der Waals surface area contributed by atoms with Crippen LogP contribution in [-0.2, 0) is 6.42 Å². The molecule has 1 nitrogen and oxygen atoms in total. The van der Waals surface area contributed by atoms with Crippen LogP contribution in [-0.4, -0.2) is 12.3 Å². The number of aryl methyl sites for hydroxylation is 1. The van der Waals surface area contributed by atoms with E-state index in [4.69, 9.17) is 5.73 Å². The second-order valence-corrected chi connectivity index (χ2v) is 5.35. The number of rotatable bonds is 7. The number of thioether (sulfide) groups is 1. The van der Waals surface area contributed by atoms with Gasteiger partial charge in [0, 0.05) is 4.90 Å². The summed E-state index contributed by atoms with van der Waals surface area (Å²) >= 11 is 1.97. The molecule has 0 aliphatic heterocycles. The molecule has 0 radical (unpaired) electrons. The molecule has 0 heterocycles. The van der Waals surface area contributed by atoms with Crippen molar-refractivity contribution in [2.75, 3.05) is 12.3 Å². The summed E-state index contributed by atoms with van der Waals surface area (Å²) in [5, 5.41) is 0. The first kappa shape index (κ1) is 13.6. The highest BCUT2D eigenvalue weighted by Gasteiger charge is 2.00. The molecule has 1 aromatic carbocycles. The molecule has 0 unspecified atom stereocenters. The van der Waals surface area contributed by atoms with Crippen LogP contribution in [0.1, 0.15) is 37.3 Å². The van der Waals surface area contributed by atoms with Gasteiger partial charge in [-0.25, -0.2) is 0 Å². The fourth-order valence-corrected chi connectivity index (χ4v) is 2.74. The monoisotopic (exact) mass is 237 g/mol. The summed E-state index contributed by atoms with van der Waals surface area (Å²) in [6.07, 6.45) is 4.96. The Morgan fingerprint density at radius 2 is 2.06 bits per heavy atom. The second-order valence-electron chi connectivity index (χ2n) is 4.18. The van der Waals surface area contributed by atoms with Gasteiger partial charge in [-0.05, 0) is 55.3 Å². The third kappa shape index (κ3) is 4.58. The summed E-state index contributed by atoms with van der Waals surface area (Å²) < 4.78 is 0. The van der Waals surface area contributed by atoms with Gasteiger partial charge in [-0.3, -0.25) is 0 Å². The molecular weight excluding hydrogens is 214 g/mol. The van der Waals surface area contributed by atoms with Crippen LogP contribution in [0.3, 0.4) is 0 Å². The Balaban J connectivity index is 2.46. The molecule has 90 valence electrons. The van der Waals surface area contributed by atoms with Crippen LogP contribution in [0.2, 0.25) is 0 Å². The first-order chi connectivity index (χ1) is 7.77. The number of hydrogen-bond acceptors (Lipinski definition) is 2. The van der Waals surface area contributed by atoms with Crippen LogP contribution in [0.25, 0.3) is 0 Å². The van der Waals surface area contributed by atoms with E-state index in [0.29, 0.717) is 0 Å². The van der Waals surface area contributed by atoms with Crippen molar-refractivity contribution >= 4 is 11.8 Å². The zero-order chi connectivity index (χ0) is 11.8. The maximum atomic E-state index is 5.58. The summed E-state index contributed by atoms with van der Waals surface area (Å²) in [6.45, 7) is 5.17. The van der Waals surface area contributed by atoms with E-state index in [0.717, 1.165) is 13.0 Å². The Labute approximate surface area is 104 Å². The van der Waals surface area contributed by atoms with Gasteiger partial charge >= 0.3 is 0 Å². The van der Waals surface area contributed by atoms with Gasteiger partial charge in [0.15, 0.2) is 0 Å². The van der Waals surface area contributed by atoms with Crippen molar-refractivity contribution in [1.82, 2.24) is 0 Å². The van der Waals surface area contributed by atoms with Gasteiger partial charge in [-0.15, -0.1) is 11.8 Å². The molecule has 2 N–H and O–H groups in total. The molecule has 0 atom stereocenters. The molecule has 2 heteroatoms. The van der Waals surface area contributed by atoms with E-state index in [-0.39, 0.29) is 0 Å². The van der Waals surface area contributed by atoms with E-state index in [2.05, 4.69) is 32.0 Å². The van der Waals surface area contributed by atoms with Gasteiger partial charge in [0.25, 0.3) is 0 Å². The number of unbranched alkanes of at least 4 members (excludes halogenated alkanes) is 2. The van der Waals surface area contributed by atoms with Gasteiger partial charge in [0.05, 0.1) is 0 Å². The molecule has 0 aliphatic carbocycles. The van der Waals surface area contributed by atoms with Crippen LogP contribution in [0.5, 0.6) is 0 Å². The van der Waals surface area contributed by atoms with Gasteiger partial charge in [-0.1, -0.05) is 25.8 Å². The molecule has 0 aromatic heterocycles. The molecule has 1 aromatic rings. The van der Waals surface area contributed by atoms with Crippen molar-refractivity contribution in [3.05, 3.63) is 29.3 Å². The molecular formula is C14H23NS.